The zero-order valence-corrected chi connectivity index (χ0v) is 11.0. The van der Waals surface area contributed by atoms with Crippen LogP contribution in [0.1, 0.15) is 18.1 Å². The van der Waals surface area contributed by atoms with Gasteiger partial charge in [0.25, 0.3) is 0 Å². The quantitative estimate of drug-likeness (QED) is 0.899. The van der Waals surface area contributed by atoms with E-state index >= 15 is 0 Å². The number of aromatic nitrogens is 2. The third kappa shape index (κ3) is 3.19. The van der Waals surface area contributed by atoms with E-state index in [0.717, 1.165) is 5.56 Å². The summed E-state index contributed by atoms with van der Waals surface area (Å²) in [6.07, 6.45) is 1.43. The topological polar surface area (TPSA) is 47.0 Å². The molecule has 0 amide bonds. The summed E-state index contributed by atoms with van der Waals surface area (Å²) in [4.78, 5) is 8.20. The first-order chi connectivity index (χ1) is 9.22. The van der Waals surface area contributed by atoms with E-state index in [0.29, 0.717) is 30.4 Å². The molecule has 2 aromatic rings. The highest BCUT2D eigenvalue weighted by molar-refractivity contribution is 5.48. The molecule has 0 spiro atoms. The molecule has 4 nitrogen and oxygen atoms in total. The molecule has 5 heteroatoms. The summed E-state index contributed by atoms with van der Waals surface area (Å²) in [5.74, 6) is 0.974. The van der Waals surface area contributed by atoms with Crippen molar-refractivity contribution in [2.45, 2.75) is 20.4 Å². The van der Waals surface area contributed by atoms with Crippen molar-refractivity contribution in [1.82, 2.24) is 9.97 Å². The Hall–Kier alpha value is -2.17. The molecule has 1 aromatic heterocycles. The molecule has 0 saturated carbocycles. The molecule has 1 aromatic carbocycles. The SMILES string of the molecule is CCOc1ncnc(NCc2ccccc2F)c1C. The van der Waals surface area contributed by atoms with Gasteiger partial charge in [0.1, 0.15) is 18.0 Å². The van der Waals surface area contributed by atoms with Crippen LogP contribution in [0.3, 0.4) is 0 Å². The molecule has 2 rings (SSSR count). The normalized spacial score (nSPS) is 10.3. The number of nitrogens with zero attached hydrogens (tertiary/aromatic N) is 2. The van der Waals surface area contributed by atoms with Gasteiger partial charge in [0, 0.05) is 12.1 Å². The molecule has 0 fully saturated rings. The van der Waals surface area contributed by atoms with Crippen LogP contribution in [0.5, 0.6) is 5.88 Å². The highest BCUT2D eigenvalue weighted by Gasteiger charge is 2.08. The van der Waals surface area contributed by atoms with E-state index in [1.54, 1.807) is 18.2 Å². The Bertz CT molecular complexity index is 560. The van der Waals surface area contributed by atoms with Crippen molar-refractivity contribution in [1.29, 1.82) is 0 Å². The van der Waals surface area contributed by atoms with Gasteiger partial charge < -0.3 is 10.1 Å². The monoisotopic (exact) mass is 261 g/mol. The van der Waals surface area contributed by atoms with Crippen molar-refractivity contribution in [2.24, 2.45) is 0 Å². The van der Waals surface area contributed by atoms with E-state index in [2.05, 4.69) is 15.3 Å². The molecular weight excluding hydrogens is 245 g/mol. The third-order valence-electron chi connectivity index (χ3n) is 2.72. The lowest BCUT2D eigenvalue weighted by Gasteiger charge is -2.11. The van der Waals surface area contributed by atoms with E-state index in [-0.39, 0.29) is 5.82 Å². The fourth-order valence-corrected chi connectivity index (χ4v) is 1.72. The van der Waals surface area contributed by atoms with E-state index in [1.165, 1.54) is 12.4 Å². The zero-order valence-electron chi connectivity index (χ0n) is 11.0. The summed E-state index contributed by atoms with van der Waals surface area (Å²) in [6.45, 7) is 4.68. The van der Waals surface area contributed by atoms with Crippen LogP contribution in [0, 0.1) is 12.7 Å². The second kappa shape index (κ2) is 6.13. The summed E-state index contributed by atoms with van der Waals surface area (Å²) in [7, 11) is 0. The predicted octanol–water partition coefficient (Wildman–Crippen LogP) is 2.93. The largest absolute Gasteiger partial charge is 0.478 e. The molecule has 0 bridgehead atoms. The number of anilines is 1. The lowest BCUT2D eigenvalue weighted by Crippen LogP contribution is -2.07. The maximum Gasteiger partial charge on any atom is 0.221 e. The molecular formula is C14H16FN3O. The first-order valence-corrected chi connectivity index (χ1v) is 6.14. The molecule has 100 valence electrons. The number of hydrogen-bond donors (Lipinski definition) is 1. The number of ether oxygens (including phenoxy) is 1. The van der Waals surface area contributed by atoms with E-state index in [1.807, 2.05) is 13.8 Å². The number of nitrogens with one attached hydrogen (secondary N) is 1. The van der Waals surface area contributed by atoms with Crippen LogP contribution in [0.25, 0.3) is 0 Å². The second-order valence-corrected chi connectivity index (χ2v) is 4.03. The third-order valence-corrected chi connectivity index (χ3v) is 2.72. The van der Waals surface area contributed by atoms with Gasteiger partial charge in [-0.2, -0.15) is 0 Å². The van der Waals surface area contributed by atoms with Crippen LogP contribution in [0.4, 0.5) is 10.2 Å². The van der Waals surface area contributed by atoms with Crippen LogP contribution < -0.4 is 10.1 Å². The van der Waals surface area contributed by atoms with Gasteiger partial charge >= 0.3 is 0 Å². The lowest BCUT2D eigenvalue weighted by atomic mass is 10.2. The summed E-state index contributed by atoms with van der Waals surface area (Å²) in [6, 6.07) is 6.65. The minimum absolute atomic E-state index is 0.230. The molecule has 19 heavy (non-hydrogen) atoms. The van der Waals surface area contributed by atoms with Gasteiger partial charge in [-0.1, -0.05) is 18.2 Å². The van der Waals surface area contributed by atoms with Gasteiger partial charge in [0.2, 0.25) is 5.88 Å². The van der Waals surface area contributed by atoms with Crippen molar-refractivity contribution in [3.8, 4) is 5.88 Å². The van der Waals surface area contributed by atoms with Crippen LogP contribution in [-0.2, 0) is 6.54 Å². The van der Waals surface area contributed by atoms with Crippen molar-refractivity contribution in [3.63, 3.8) is 0 Å². The fourth-order valence-electron chi connectivity index (χ4n) is 1.72. The van der Waals surface area contributed by atoms with Crippen LogP contribution in [0.2, 0.25) is 0 Å². The molecule has 0 atom stereocenters. The Morgan fingerprint density at radius 3 is 2.79 bits per heavy atom. The Morgan fingerprint density at radius 1 is 1.26 bits per heavy atom. The number of rotatable bonds is 5. The number of benzene rings is 1. The Morgan fingerprint density at radius 2 is 2.05 bits per heavy atom. The predicted molar refractivity (Wildman–Crippen MR) is 71.7 cm³/mol. The number of hydrogen-bond acceptors (Lipinski definition) is 4. The summed E-state index contributed by atoms with van der Waals surface area (Å²) in [5.41, 5.74) is 1.42. The average Bonchev–Trinajstić information content (AvgIpc) is 2.42. The molecule has 0 radical (unpaired) electrons. The Balaban J connectivity index is 2.12. The Labute approximate surface area is 111 Å². The molecule has 0 unspecified atom stereocenters. The standard InChI is InChI=1S/C14H16FN3O/c1-3-19-14-10(2)13(17-9-18-14)16-8-11-6-4-5-7-12(11)15/h4-7,9H,3,8H2,1-2H3,(H,16,17,18). The lowest BCUT2D eigenvalue weighted by molar-refractivity contribution is 0.324. The fraction of sp³-hybridized carbons (Fsp3) is 0.286. The van der Waals surface area contributed by atoms with E-state index < -0.39 is 0 Å². The summed E-state index contributed by atoms with van der Waals surface area (Å²) >= 11 is 0. The summed E-state index contributed by atoms with van der Waals surface area (Å²) in [5, 5.41) is 3.10. The maximum absolute atomic E-state index is 13.5. The van der Waals surface area contributed by atoms with Crippen molar-refractivity contribution in [3.05, 3.63) is 47.5 Å². The van der Waals surface area contributed by atoms with Gasteiger partial charge in [0.05, 0.1) is 12.2 Å². The van der Waals surface area contributed by atoms with Crippen LogP contribution in [-0.4, -0.2) is 16.6 Å². The smallest absolute Gasteiger partial charge is 0.221 e. The minimum Gasteiger partial charge on any atom is -0.478 e. The Kier molecular flexibility index (Phi) is 4.28. The van der Waals surface area contributed by atoms with E-state index in [9.17, 15) is 4.39 Å². The average molecular weight is 261 g/mol. The highest BCUT2D eigenvalue weighted by atomic mass is 19.1. The van der Waals surface area contributed by atoms with Crippen molar-refractivity contribution >= 4 is 5.82 Å². The second-order valence-electron chi connectivity index (χ2n) is 4.03. The zero-order chi connectivity index (χ0) is 13.7. The van der Waals surface area contributed by atoms with Gasteiger partial charge in [-0.05, 0) is 19.9 Å². The summed E-state index contributed by atoms with van der Waals surface area (Å²) < 4.78 is 18.9. The van der Waals surface area contributed by atoms with Crippen molar-refractivity contribution < 1.29 is 9.13 Å². The molecule has 0 saturated heterocycles. The van der Waals surface area contributed by atoms with Crippen molar-refractivity contribution in [2.75, 3.05) is 11.9 Å². The van der Waals surface area contributed by atoms with E-state index in [4.69, 9.17) is 4.74 Å². The first-order valence-electron chi connectivity index (χ1n) is 6.14. The van der Waals surface area contributed by atoms with Gasteiger partial charge in [-0.15, -0.1) is 0 Å². The molecule has 1 N–H and O–H groups in total. The number of halogens is 1. The van der Waals surface area contributed by atoms with Gasteiger partial charge in [-0.25, -0.2) is 14.4 Å². The first kappa shape index (κ1) is 13.3. The van der Waals surface area contributed by atoms with Gasteiger partial charge in [-0.3, -0.25) is 0 Å². The highest BCUT2D eigenvalue weighted by Crippen LogP contribution is 2.21. The molecule has 1 heterocycles. The van der Waals surface area contributed by atoms with Crippen LogP contribution >= 0.6 is 0 Å². The molecule has 0 aliphatic heterocycles. The van der Waals surface area contributed by atoms with Crippen LogP contribution in [0.15, 0.2) is 30.6 Å². The van der Waals surface area contributed by atoms with Gasteiger partial charge in [0.15, 0.2) is 0 Å². The maximum atomic E-state index is 13.5. The molecule has 0 aliphatic rings. The molecule has 0 aliphatic carbocycles. The minimum atomic E-state index is -0.230.